The number of benzene rings is 1. The lowest BCUT2D eigenvalue weighted by Gasteiger charge is -2.03. The lowest BCUT2D eigenvalue weighted by Crippen LogP contribution is -2.02. The molecular weight excluding hydrogens is 174 g/mol. The van der Waals surface area contributed by atoms with E-state index in [4.69, 9.17) is 5.73 Å². The Hall–Kier alpha value is -1.51. The maximum absolute atomic E-state index is 5.84. The summed E-state index contributed by atoms with van der Waals surface area (Å²) in [6.07, 6.45) is 1.07. The molecule has 3 heteroatoms. The summed E-state index contributed by atoms with van der Waals surface area (Å²) in [6.45, 7) is 5.16. The van der Waals surface area contributed by atoms with Gasteiger partial charge in [-0.1, -0.05) is 13.0 Å². The normalized spacial score (nSPS) is 11.0. The molecule has 2 aromatic rings. The summed E-state index contributed by atoms with van der Waals surface area (Å²) in [5.74, 6) is 0.618. The summed E-state index contributed by atoms with van der Waals surface area (Å²) in [6, 6.07) is 6.21. The van der Waals surface area contributed by atoms with Crippen LogP contribution in [0.25, 0.3) is 11.0 Å². The van der Waals surface area contributed by atoms with Crippen LogP contribution in [0.2, 0.25) is 0 Å². The van der Waals surface area contributed by atoms with E-state index in [0.717, 1.165) is 24.0 Å². The van der Waals surface area contributed by atoms with E-state index in [1.54, 1.807) is 0 Å². The van der Waals surface area contributed by atoms with Gasteiger partial charge in [0.05, 0.1) is 11.0 Å². The molecule has 2 N–H and O–H groups in total. The summed E-state index contributed by atoms with van der Waals surface area (Å²) in [5.41, 5.74) is 9.22. The molecule has 0 fully saturated rings. The third-order valence-corrected chi connectivity index (χ3v) is 2.38. The number of fused-ring (bicyclic) bond motifs is 1. The van der Waals surface area contributed by atoms with E-state index in [-0.39, 0.29) is 0 Å². The second-order valence-electron chi connectivity index (χ2n) is 3.61. The second kappa shape index (κ2) is 3.33. The van der Waals surface area contributed by atoms with Crippen molar-refractivity contribution in [3.05, 3.63) is 23.8 Å². The zero-order valence-corrected chi connectivity index (χ0v) is 8.62. The first-order chi connectivity index (χ1) is 6.72. The summed E-state index contributed by atoms with van der Waals surface area (Å²) < 4.78 is 2.07. The lowest BCUT2D eigenvalue weighted by molar-refractivity contribution is 0.706. The van der Waals surface area contributed by atoms with Gasteiger partial charge < -0.3 is 10.3 Å². The average Bonchev–Trinajstić information content (AvgIpc) is 2.45. The number of rotatable bonds is 2. The zero-order valence-electron chi connectivity index (χ0n) is 8.62. The summed E-state index contributed by atoms with van der Waals surface area (Å²) in [4.78, 5) is 4.31. The zero-order chi connectivity index (χ0) is 10.1. The molecule has 0 unspecified atom stereocenters. The molecule has 74 valence electrons. The number of hydrogen-bond donors (Lipinski definition) is 1. The van der Waals surface area contributed by atoms with Crippen molar-refractivity contribution in [2.24, 2.45) is 0 Å². The topological polar surface area (TPSA) is 43.8 Å². The fourth-order valence-electron chi connectivity index (χ4n) is 1.71. The standard InChI is InChI=1S/C11H15N3/c1-3-6-14-10-7-8(2)4-5-9(10)13-11(14)12/h4-5,7H,3,6H2,1-2H3,(H2,12,13). The predicted molar refractivity (Wildman–Crippen MR) is 59.2 cm³/mol. The maximum atomic E-state index is 5.84. The van der Waals surface area contributed by atoms with Gasteiger partial charge in [-0.25, -0.2) is 4.98 Å². The van der Waals surface area contributed by atoms with Crippen molar-refractivity contribution in [2.75, 3.05) is 5.73 Å². The number of anilines is 1. The highest BCUT2D eigenvalue weighted by Crippen LogP contribution is 2.19. The molecule has 1 aromatic heterocycles. The molecule has 0 bridgehead atoms. The van der Waals surface area contributed by atoms with Crippen LogP contribution in [0.3, 0.4) is 0 Å². The van der Waals surface area contributed by atoms with Gasteiger partial charge >= 0.3 is 0 Å². The van der Waals surface area contributed by atoms with Crippen molar-refractivity contribution in [1.82, 2.24) is 9.55 Å². The van der Waals surface area contributed by atoms with Crippen LogP contribution in [0.5, 0.6) is 0 Å². The van der Waals surface area contributed by atoms with Gasteiger partial charge in [0, 0.05) is 6.54 Å². The number of nitrogens with two attached hydrogens (primary N) is 1. The van der Waals surface area contributed by atoms with Crippen LogP contribution in [-0.2, 0) is 6.54 Å². The number of imidazole rings is 1. The molecule has 0 amide bonds. The van der Waals surface area contributed by atoms with E-state index in [0.29, 0.717) is 5.95 Å². The van der Waals surface area contributed by atoms with E-state index in [1.165, 1.54) is 5.56 Å². The van der Waals surface area contributed by atoms with Gasteiger partial charge in [-0.3, -0.25) is 0 Å². The van der Waals surface area contributed by atoms with E-state index in [2.05, 4.69) is 35.5 Å². The summed E-state index contributed by atoms with van der Waals surface area (Å²) in [5, 5.41) is 0. The maximum Gasteiger partial charge on any atom is 0.201 e. The Kier molecular flexibility index (Phi) is 2.15. The van der Waals surface area contributed by atoms with Gasteiger partial charge in [0.25, 0.3) is 0 Å². The van der Waals surface area contributed by atoms with Crippen molar-refractivity contribution >= 4 is 17.0 Å². The molecule has 0 aliphatic heterocycles. The largest absolute Gasteiger partial charge is 0.369 e. The van der Waals surface area contributed by atoms with E-state index in [9.17, 15) is 0 Å². The Balaban J connectivity index is 2.66. The number of aromatic nitrogens is 2. The third kappa shape index (κ3) is 1.35. The highest BCUT2D eigenvalue weighted by molar-refractivity contribution is 5.79. The molecule has 0 saturated heterocycles. The van der Waals surface area contributed by atoms with Crippen molar-refractivity contribution < 1.29 is 0 Å². The van der Waals surface area contributed by atoms with Gasteiger partial charge in [-0.05, 0) is 31.0 Å². The Morgan fingerprint density at radius 3 is 2.93 bits per heavy atom. The van der Waals surface area contributed by atoms with Crippen LogP contribution in [0, 0.1) is 6.92 Å². The van der Waals surface area contributed by atoms with Crippen LogP contribution in [0.15, 0.2) is 18.2 Å². The fraction of sp³-hybridized carbons (Fsp3) is 0.364. The minimum atomic E-state index is 0.618. The number of aryl methyl sites for hydroxylation is 2. The first kappa shape index (κ1) is 9.06. The Bertz CT molecular complexity index is 457. The molecule has 0 atom stereocenters. The minimum Gasteiger partial charge on any atom is -0.369 e. The van der Waals surface area contributed by atoms with E-state index < -0.39 is 0 Å². The Morgan fingerprint density at radius 2 is 2.21 bits per heavy atom. The molecule has 14 heavy (non-hydrogen) atoms. The number of nitrogen functional groups attached to an aromatic ring is 1. The van der Waals surface area contributed by atoms with Crippen LogP contribution in [-0.4, -0.2) is 9.55 Å². The first-order valence-corrected chi connectivity index (χ1v) is 4.94. The molecule has 0 spiro atoms. The number of hydrogen-bond acceptors (Lipinski definition) is 2. The minimum absolute atomic E-state index is 0.618. The predicted octanol–water partition coefficient (Wildman–Crippen LogP) is 2.34. The van der Waals surface area contributed by atoms with Crippen LogP contribution in [0.1, 0.15) is 18.9 Å². The molecule has 0 aliphatic carbocycles. The average molecular weight is 189 g/mol. The molecule has 1 aromatic carbocycles. The first-order valence-electron chi connectivity index (χ1n) is 4.94. The number of nitrogens with zero attached hydrogens (tertiary/aromatic N) is 2. The second-order valence-corrected chi connectivity index (χ2v) is 3.61. The van der Waals surface area contributed by atoms with Crippen LogP contribution < -0.4 is 5.73 Å². The highest BCUT2D eigenvalue weighted by atomic mass is 15.1. The molecule has 3 nitrogen and oxygen atoms in total. The molecule has 2 rings (SSSR count). The molecule has 0 radical (unpaired) electrons. The highest BCUT2D eigenvalue weighted by Gasteiger charge is 2.06. The smallest absolute Gasteiger partial charge is 0.201 e. The van der Waals surface area contributed by atoms with Gasteiger partial charge in [0.15, 0.2) is 0 Å². The fourth-order valence-corrected chi connectivity index (χ4v) is 1.71. The molecule has 1 heterocycles. The lowest BCUT2D eigenvalue weighted by atomic mass is 10.2. The van der Waals surface area contributed by atoms with E-state index >= 15 is 0 Å². The van der Waals surface area contributed by atoms with Crippen molar-refractivity contribution in [1.29, 1.82) is 0 Å². The monoisotopic (exact) mass is 189 g/mol. The van der Waals surface area contributed by atoms with Gasteiger partial charge in [-0.15, -0.1) is 0 Å². The van der Waals surface area contributed by atoms with Crippen LogP contribution >= 0.6 is 0 Å². The van der Waals surface area contributed by atoms with Gasteiger partial charge in [0.2, 0.25) is 5.95 Å². The quantitative estimate of drug-likeness (QED) is 0.788. The van der Waals surface area contributed by atoms with Crippen molar-refractivity contribution in [3.63, 3.8) is 0 Å². The summed E-state index contributed by atoms with van der Waals surface area (Å²) in [7, 11) is 0. The Labute approximate surface area is 83.6 Å². The summed E-state index contributed by atoms with van der Waals surface area (Å²) >= 11 is 0. The van der Waals surface area contributed by atoms with Crippen molar-refractivity contribution in [3.8, 4) is 0 Å². The Morgan fingerprint density at radius 1 is 1.43 bits per heavy atom. The van der Waals surface area contributed by atoms with Crippen LogP contribution in [0.4, 0.5) is 5.95 Å². The van der Waals surface area contributed by atoms with Gasteiger partial charge in [0.1, 0.15) is 0 Å². The SMILES string of the molecule is CCCn1c(N)nc2ccc(C)cc21. The molecule has 0 aliphatic rings. The molecular formula is C11H15N3. The third-order valence-electron chi connectivity index (χ3n) is 2.38. The van der Waals surface area contributed by atoms with Crippen molar-refractivity contribution in [2.45, 2.75) is 26.8 Å². The molecule has 0 saturated carbocycles. The van der Waals surface area contributed by atoms with Gasteiger partial charge in [-0.2, -0.15) is 0 Å². The van der Waals surface area contributed by atoms with E-state index in [1.807, 2.05) is 6.07 Å².